The number of hydrogen-bond acceptors (Lipinski definition) is 6. The number of phenols is 1. The van der Waals surface area contributed by atoms with Gasteiger partial charge in [0.2, 0.25) is 0 Å². The van der Waals surface area contributed by atoms with Crippen molar-refractivity contribution >= 4 is 38.4 Å². The molecule has 3 aromatic carbocycles. The minimum Gasteiger partial charge on any atom is -0.508 e. The molecule has 1 amide bonds. The van der Waals surface area contributed by atoms with E-state index in [1.54, 1.807) is 12.1 Å². The van der Waals surface area contributed by atoms with Crippen molar-refractivity contribution in [2.75, 3.05) is 4.90 Å². The zero-order valence-corrected chi connectivity index (χ0v) is 20.2. The number of carbonyl (C=O) groups is 2. The maximum Gasteiger partial charge on any atom is 0.296 e. The number of aliphatic hydroxyl groups excluding tert-OH is 1. The molecule has 0 aliphatic carbocycles. The van der Waals surface area contributed by atoms with Gasteiger partial charge in [0.15, 0.2) is 16.7 Å². The molecule has 1 unspecified atom stereocenters. The van der Waals surface area contributed by atoms with Crippen LogP contribution in [0.1, 0.15) is 34.7 Å². The van der Waals surface area contributed by atoms with Gasteiger partial charge in [0.1, 0.15) is 5.75 Å². The lowest BCUT2D eigenvalue weighted by Crippen LogP contribution is -2.31. The highest BCUT2D eigenvalue weighted by Gasteiger charge is 2.45. The highest BCUT2D eigenvalue weighted by Crippen LogP contribution is 2.44. The summed E-state index contributed by atoms with van der Waals surface area (Å²) in [5.41, 5.74) is 4.63. The maximum absolute atomic E-state index is 13.4. The molecule has 5 rings (SSSR count). The topological polar surface area (TPSA) is 90.7 Å². The molecular formula is C28H24N2O4S. The number of aryl methyl sites for hydroxylation is 3. The van der Waals surface area contributed by atoms with E-state index in [0.717, 1.165) is 26.9 Å². The van der Waals surface area contributed by atoms with E-state index in [1.165, 1.54) is 28.4 Å². The number of benzene rings is 3. The Labute approximate surface area is 206 Å². The van der Waals surface area contributed by atoms with Crippen molar-refractivity contribution in [3.05, 3.63) is 100 Å². The van der Waals surface area contributed by atoms with E-state index in [-0.39, 0.29) is 23.5 Å². The Morgan fingerprint density at radius 2 is 1.69 bits per heavy atom. The molecule has 0 radical (unpaired) electrons. The number of phenolic OH excluding ortho intramolecular Hbond substituents is 1. The van der Waals surface area contributed by atoms with Crippen molar-refractivity contribution < 1.29 is 19.8 Å². The van der Waals surface area contributed by atoms with E-state index >= 15 is 0 Å². The second-order valence-corrected chi connectivity index (χ2v) is 9.75. The monoisotopic (exact) mass is 484 g/mol. The highest BCUT2D eigenvalue weighted by atomic mass is 32.1. The summed E-state index contributed by atoms with van der Waals surface area (Å²) in [5.74, 6) is -1.43. The van der Waals surface area contributed by atoms with Gasteiger partial charge in [-0.1, -0.05) is 53.8 Å². The molecule has 0 fully saturated rings. The summed E-state index contributed by atoms with van der Waals surface area (Å²) in [5, 5.41) is 21.1. The number of thiazole rings is 1. The molecule has 0 spiro atoms. The lowest BCUT2D eigenvalue weighted by Gasteiger charge is -2.24. The summed E-state index contributed by atoms with van der Waals surface area (Å²) >= 11 is 1.34. The smallest absolute Gasteiger partial charge is 0.296 e. The zero-order valence-electron chi connectivity index (χ0n) is 19.4. The molecule has 1 atom stereocenters. The Balaban J connectivity index is 1.56. The van der Waals surface area contributed by atoms with E-state index in [4.69, 9.17) is 0 Å². The first-order valence-electron chi connectivity index (χ1n) is 11.3. The van der Waals surface area contributed by atoms with Gasteiger partial charge >= 0.3 is 0 Å². The molecule has 2 N–H and O–H groups in total. The first-order chi connectivity index (χ1) is 16.8. The number of fused-ring (bicyclic) bond motifs is 1. The Morgan fingerprint density at radius 3 is 2.40 bits per heavy atom. The van der Waals surface area contributed by atoms with E-state index in [2.05, 4.69) is 4.98 Å². The van der Waals surface area contributed by atoms with Crippen molar-refractivity contribution in [2.45, 2.75) is 32.7 Å². The Hall–Kier alpha value is -3.97. The van der Waals surface area contributed by atoms with E-state index in [0.29, 0.717) is 17.1 Å². The quantitative estimate of drug-likeness (QED) is 0.365. The molecular weight excluding hydrogens is 460 g/mol. The average Bonchev–Trinajstić information content (AvgIpc) is 3.36. The third-order valence-electron chi connectivity index (χ3n) is 6.40. The van der Waals surface area contributed by atoms with Gasteiger partial charge in [0.25, 0.3) is 5.91 Å². The van der Waals surface area contributed by atoms with Crippen LogP contribution < -0.4 is 4.90 Å². The van der Waals surface area contributed by atoms with Crippen molar-refractivity contribution in [2.24, 2.45) is 0 Å². The molecule has 35 heavy (non-hydrogen) atoms. The summed E-state index contributed by atoms with van der Waals surface area (Å²) in [6, 6.07) is 19.1. The van der Waals surface area contributed by atoms with Crippen LogP contribution in [-0.4, -0.2) is 26.9 Å². The van der Waals surface area contributed by atoms with Crippen molar-refractivity contribution in [3.63, 3.8) is 0 Å². The third kappa shape index (κ3) is 4.19. The highest BCUT2D eigenvalue weighted by molar-refractivity contribution is 7.22. The van der Waals surface area contributed by atoms with E-state index in [9.17, 15) is 19.8 Å². The lowest BCUT2D eigenvalue weighted by molar-refractivity contribution is -0.118. The molecule has 0 bridgehead atoms. The van der Waals surface area contributed by atoms with Gasteiger partial charge in [-0.05, 0) is 66.8 Å². The van der Waals surface area contributed by atoms with Crippen LogP contribution in [0.2, 0.25) is 0 Å². The van der Waals surface area contributed by atoms with Gasteiger partial charge in [-0.2, -0.15) is 0 Å². The fraction of sp³-hybridized carbons (Fsp3) is 0.179. The van der Waals surface area contributed by atoms with Crippen molar-refractivity contribution in [1.82, 2.24) is 4.98 Å². The standard InChI is InChI=1S/C28H24N2O4S/c1-16-14-21-23(15-17(16)2)35-28(29-21)30-25(19-9-11-20(31)12-10-19)24(26(33)27(30)34)22(32)13-8-18-6-4-3-5-7-18/h3-7,9-12,14-15,25,31,33H,8,13H2,1-2H3. The van der Waals surface area contributed by atoms with Gasteiger partial charge < -0.3 is 10.2 Å². The molecule has 1 aliphatic heterocycles. The fourth-order valence-electron chi connectivity index (χ4n) is 4.37. The van der Waals surface area contributed by atoms with Crippen LogP contribution in [0.4, 0.5) is 5.13 Å². The Bertz CT molecular complexity index is 1430. The van der Waals surface area contributed by atoms with Crippen LogP contribution in [0.25, 0.3) is 10.2 Å². The van der Waals surface area contributed by atoms with Gasteiger partial charge in [0.05, 0.1) is 21.8 Å². The summed E-state index contributed by atoms with van der Waals surface area (Å²) in [6.07, 6.45) is 0.643. The molecule has 0 saturated carbocycles. The second-order valence-electron chi connectivity index (χ2n) is 8.74. The number of hydrogen-bond donors (Lipinski definition) is 2. The van der Waals surface area contributed by atoms with Crippen LogP contribution in [-0.2, 0) is 16.0 Å². The zero-order chi connectivity index (χ0) is 24.7. The number of ketones is 1. The van der Waals surface area contributed by atoms with Crippen molar-refractivity contribution in [1.29, 1.82) is 0 Å². The molecule has 176 valence electrons. The number of Topliss-reactive ketones (excluding diaryl/α,β-unsaturated/α-hetero) is 1. The average molecular weight is 485 g/mol. The van der Waals surface area contributed by atoms with Gasteiger partial charge in [-0.3, -0.25) is 14.5 Å². The molecule has 7 heteroatoms. The number of aromatic nitrogens is 1. The van der Waals surface area contributed by atoms with E-state index < -0.39 is 17.7 Å². The minimum absolute atomic E-state index is 0.0586. The largest absolute Gasteiger partial charge is 0.508 e. The minimum atomic E-state index is -0.839. The first kappa shape index (κ1) is 22.8. The fourth-order valence-corrected chi connectivity index (χ4v) is 5.44. The van der Waals surface area contributed by atoms with Gasteiger partial charge in [-0.15, -0.1) is 0 Å². The number of aromatic hydroxyl groups is 1. The summed E-state index contributed by atoms with van der Waals surface area (Å²) < 4.78 is 0.920. The van der Waals surface area contributed by atoms with Crippen LogP contribution >= 0.6 is 11.3 Å². The summed E-state index contributed by atoms with van der Waals surface area (Å²) in [7, 11) is 0. The third-order valence-corrected chi connectivity index (χ3v) is 7.42. The normalized spacial score (nSPS) is 15.9. The molecule has 1 aromatic heterocycles. The van der Waals surface area contributed by atoms with E-state index in [1.807, 2.05) is 56.3 Å². The molecule has 0 saturated heterocycles. The molecule has 2 heterocycles. The SMILES string of the molecule is Cc1cc2nc(N3C(=O)C(O)=C(C(=O)CCc4ccccc4)C3c3ccc(O)cc3)sc2cc1C. The van der Waals surface area contributed by atoms with Gasteiger partial charge in [-0.25, -0.2) is 4.98 Å². The predicted molar refractivity (Wildman–Crippen MR) is 137 cm³/mol. The summed E-state index contributed by atoms with van der Waals surface area (Å²) in [4.78, 5) is 32.8. The number of anilines is 1. The number of carbonyl (C=O) groups excluding carboxylic acids is 2. The Morgan fingerprint density at radius 1 is 1.00 bits per heavy atom. The van der Waals surface area contributed by atoms with Crippen LogP contribution in [0.3, 0.4) is 0 Å². The van der Waals surface area contributed by atoms with Crippen molar-refractivity contribution in [3.8, 4) is 5.75 Å². The molecule has 6 nitrogen and oxygen atoms in total. The Kier molecular flexibility index (Phi) is 5.86. The van der Waals surface area contributed by atoms with Crippen LogP contribution in [0, 0.1) is 13.8 Å². The number of amides is 1. The number of rotatable bonds is 6. The molecule has 1 aliphatic rings. The predicted octanol–water partition coefficient (Wildman–Crippen LogP) is 5.72. The maximum atomic E-state index is 13.4. The number of aliphatic hydroxyl groups is 1. The lowest BCUT2D eigenvalue weighted by atomic mass is 9.93. The van der Waals surface area contributed by atoms with Crippen LogP contribution in [0.15, 0.2) is 78.1 Å². The van der Waals surface area contributed by atoms with Crippen LogP contribution in [0.5, 0.6) is 5.75 Å². The van der Waals surface area contributed by atoms with Gasteiger partial charge in [0, 0.05) is 6.42 Å². The first-order valence-corrected chi connectivity index (χ1v) is 12.2. The summed E-state index contributed by atoms with van der Waals surface area (Å²) in [6.45, 7) is 4.02. The number of nitrogens with zero attached hydrogens (tertiary/aromatic N) is 2. The second kappa shape index (κ2) is 9.00. The molecule has 4 aromatic rings.